The monoisotopic (exact) mass is 439 g/mol. The first-order valence-corrected chi connectivity index (χ1v) is 11.4. The minimum Gasteiger partial charge on any atom is -0.375 e. The summed E-state index contributed by atoms with van der Waals surface area (Å²) in [6.07, 6.45) is 5.05. The molecular weight excluding hydrogens is 413 g/mol. The Morgan fingerprint density at radius 1 is 1.18 bits per heavy atom. The Kier molecular flexibility index (Phi) is 6.04. The lowest BCUT2D eigenvalue weighted by Crippen LogP contribution is -2.48. The van der Waals surface area contributed by atoms with Gasteiger partial charge in [-0.1, -0.05) is 29.3 Å². The molecule has 1 saturated heterocycles. The quantitative estimate of drug-likeness (QED) is 0.740. The fraction of sp³-hybridized carbons (Fsp3) is 0.550. The average Bonchev–Trinajstić information content (AvgIpc) is 3.03. The Bertz CT molecular complexity index is 834. The summed E-state index contributed by atoms with van der Waals surface area (Å²) in [5.74, 6) is 0. The maximum Gasteiger partial charge on any atom is 0.180 e. The molecule has 0 radical (unpaired) electrons. The number of fused-ring (bicyclic) bond motifs is 1. The summed E-state index contributed by atoms with van der Waals surface area (Å²) in [5.41, 5.74) is 14.7. The van der Waals surface area contributed by atoms with Gasteiger partial charge in [-0.15, -0.1) is 11.3 Å². The summed E-state index contributed by atoms with van der Waals surface area (Å²) < 4.78 is 0. The van der Waals surface area contributed by atoms with Crippen LogP contribution >= 0.6 is 34.5 Å². The van der Waals surface area contributed by atoms with Crippen molar-refractivity contribution in [3.05, 3.63) is 38.8 Å². The second-order valence-corrected chi connectivity index (χ2v) is 9.87. The number of benzene rings is 1. The van der Waals surface area contributed by atoms with E-state index in [4.69, 9.17) is 34.7 Å². The molecule has 4 rings (SSSR count). The molecule has 28 heavy (non-hydrogen) atoms. The van der Waals surface area contributed by atoms with E-state index in [0.717, 1.165) is 70.5 Å². The van der Waals surface area contributed by atoms with Crippen LogP contribution < -0.4 is 16.4 Å². The van der Waals surface area contributed by atoms with Crippen molar-refractivity contribution in [2.24, 2.45) is 5.73 Å². The lowest BCUT2D eigenvalue weighted by atomic mass is 9.80. The highest BCUT2D eigenvalue weighted by Gasteiger charge is 2.32. The standard InChI is InChI=1S/C20H27Cl2N5S/c21-14-3-1-4-16(18(14)22)27-11-9-26(10-12-27)8-2-6-20(24)7-5-15-17(13-20)28-19(23)25-15/h1,3-4H,2,5-13,24H2,(H2,23,25). The number of nitrogens with two attached hydrogens (primary N) is 2. The number of nitrogens with zero attached hydrogens (tertiary/aromatic N) is 3. The third-order valence-electron chi connectivity index (χ3n) is 5.96. The van der Waals surface area contributed by atoms with Gasteiger partial charge in [0.25, 0.3) is 0 Å². The predicted octanol–water partition coefficient (Wildman–Crippen LogP) is 3.82. The molecule has 0 spiro atoms. The van der Waals surface area contributed by atoms with E-state index >= 15 is 0 Å². The number of hydrogen-bond donors (Lipinski definition) is 2. The van der Waals surface area contributed by atoms with Crippen LogP contribution in [-0.2, 0) is 12.8 Å². The Morgan fingerprint density at radius 2 is 1.96 bits per heavy atom. The number of rotatable bonds is 5. The number of halogens is 2. The first-order valence-electron chi connectivity index (χ1n) is 9.88. The second kappa shape index (κ2) is 8.36. The first-order chi connectivity index (χ1) is 13.4. The molecule has 0 amide bonds. The Labute approximate surface area is 180 Å². The molecule has 152 valence electrons. The number of aryl methyl sites for hydroxylation is 1. The van der Waals surface area contributed by atoms with Gasteiger partial charge >= 0.3 is 0 Å². The van der Waals surface area contributed by atoms with Crippen LogP contribution in [0.15, 0.2) is 18.2 Å². The summed E-state index contributed by atoms with van der Waals surface area (Å²) >= 11 is 14.1. The van der Waals surface area contributed by atoms with E-state index in [-0.39, 0.29) is 5.54 Å². The molecule has 2 heterocycles. The molecule has 1 fully saturated rings. The van der Waals surface area contributed by atoms with E-state index in [1.165, 1.54) is 10.6 Å². The van der Waals surface area contributed by atoms with Gasteiger partial charge in [0.2, 0.25) is 0 Å². The topological polar surface area (TPSA) is 71.4 Å². The number of hydrogen-bond acceptors (Lipinski definition) is 6. The molecule has 8 heteroatoms. The number of piperazine rings is 1. The summed E-state index contributed by atoms with van der Waals surface area (Å²) in [5, 5.41) is 1.95. The fourth-order valence-corrected chi connectivity index (χ4v) is 5.78. The van der Waals surface area contributed by atoms with E-state index in [0.29, 0.717) is 15.2 Å². The van der Waals surface area contributed by atoms with Gasteiger partial charge in [-0.3, -0.25) is 4.90 Å². The summed E-state index contributed by atoms with van der Waals surface area (Å²) in [6.45, 7) is 5.11. The maximum atomic E-state index is 6.71. The third-order valence-corrected chi connectivity index (χ3v) is 7.70. The molecule has 1 aromatic carbocycles. The van der Waals surface area contributed by atoms with E-state index in [1.807, 2.05) is 18.2 Å². The normalized spacial score (nSPS) is 23.0. The van der Waals surface area contributed by atoms with E-state index in [9.17, 15) is 0 Å². The molecule has 4 N–H and O–H groups in total. The number of nitrogen functional groups attached to an aromatic ring is 1. The van der Waals surface area contributed by atoms with Crippen molar-refractivity contribution in [2.45, 2.75) is 37.6 Å². The smallest absolute Gasteiger partial charge is 0.180 e. The van der Waals surface area contributed by atoms with Crippen molar-refractivity contribution >= 4 is 45.4 Å². The Balaban J connectivity index is 1.24. The van der Waals surface area contributed by atoms with Crippen LogP contribution in [0.3, 0.4) is 0 Å². The number of anilines is 2. The van der Waals surface area contributed by atoms with Crippen LogP contribution in [0.1, 0.15) is 29.8 Å². The van der Waals surface area contributed by atoms with Crippen molar-refractivity contribution in [3.8, 4) is 0 Å². The van der Waals surface area contributed by atoms with Crippen LogP contribution in [0.2, 0.25) is 10.0 Å². The predicted molar refractivity (Wildman–Crippen MR) is 120 cm³/mol. The molecule has 2 aliphatic rings. The zero-order valence-corrected chi connectivity index (χ0v) is 18.3. The van der Waals surface area contributed by atoms with Crippen LogP contribution in [0.25, 0.3) is 0 Å². The highest BCUT2D eigenvalue weighted by atomic mass is 35.5. The zero-order chi connectivity index (χ0) is 19.7. The molecule has 1 aromatic heterocycles. The first kappa shape index (κ1) is 20.2. The molecule has 2 aromatic rings. The van der Waals surface area contributed by atoms with E-state index < -0.39 is 0 Å². The van der Waals surface area contributed by atoms with Crippen molar-refractivity contribution in [2.75, 3.05) is 43.4 Å². The SMILES string of the molecule is Nc1nc2c(s1)CC(N)(CCCN1CCN(c3cccc(Cl)c3Cl)CC1)CC2. The third kappa shape index (κ3) is 4.41. The van der Waals surface area contributed by atoms with Gasteiger partial charge in [0, 0.05) is 43.0 Å². The van der Waals surface area contributed by atoms with Crippen molar-refractivity contribution < 1.29 is 0 Å². The largest absolute Gasteiger partial charge is 0.375 e. The summed E-state index contributed by atoms with van der Waals surface area (Å²) in [6, 6.07) is 5.84. The van der Waals surface area contributed by atoms with Crippen molar-refractivity contribution in [1.82, 2.24) is 9.88 Å². The van der Waals surface area contributed by atoms with Gasteiger partial charge in [0.15, 0.2) is 5.13 Å². The summed E-state index contributed by atoms with van der Waals surface area (Å²) in [4.78, 5) is 10.6. The van der Waals surface area contributed by atoms with Crippen LogP contribution in [0.5, 0.6) is 0 Å². The molecular formula is C20H27Cl2N5S. The Morgan fingerprint density at radius 3 is 2.75 bits per heavy atom. The molecule has 5 nitrogen and oxygen atoms in total. The maximum absolute atomic E-state index is 6.71. The van der Waals surface area contributed by atoms with Gasteiger partial charge in [0.05, 0.1) is 21.4 Å². The molecule has 0 bridgehead atoms. The fourth-order valence-electron chi connectivity index (χ4n) is 4.33. The van der Waals surface area contributed by atoms with Crippen molar-refractivity contribution in [3.63, 3.8) is 0 Å². The Hall–Kier alpha value is -1.05. The van der Waals surface area contributed by atoms with Crippen molar-refractivity contribution in [1.29, 1.82) is 0 Å². The zero-order valence-electron chi connectivity index (χ0n) is 16.0. The van der Waals surface area contributed by atoms with Gasteiger partial charge < -0.3 is 16.4 Å². The second-order valence-electron chi connectivity index (χ2n) is 7.97. The van der Waals surface area contributed by atoms with Gasteiger partial charge in [-0.05, 0) is 44.4 Å². The molecule has 0 saturated carbocycles. The highest BCUT2D eigenvalue weighted by molar-refractivity contribution is 7.15. The number of aromatic nitrogens is 1. The highest BCUT2D eigenvalue weighted by Crippen LogP contribution is 2.35. The lowest BCUT2D eigenvalue weighted by molar-refractivity contribution is 0.236. The van der Waals surface area contributed by atoms with E-state index in [2.05, 4.69) is 14.8 Å². The minimum atomic E-state index is -0.109. The molecule has 1 aliphatic heterocycles. The van der Waals surface area contributed by atoms with E-state index in [1.54, 1.807) is 11.3 Å². The van der Waals surface area contributed by atoms with Crippen LogP contribution in [0, 0.1) is 0 Å². The van der Waals surface area contributed by atoms with Gasteiger partial charge in [0.1, 0.15) is 0 Å². The van der Waals surface area contributed by atoms with Gasteiger partial charge in [-0.2, -0.15) is 0 Å². The lowest BCUT2D eigenvalue weighted by Gasteiger charge is -2.37. The van der Waals surface area contributed by atoms with Gasteiger partial charge in [-0.25, -0.2) is 4.98 Å². The minimum absolute atomic E-state index is 0.109. The van der Waals surface area contributed by atoms with Crippen LogP contribution in [-0.4, -0.2) is 48.1 Å². The molecule has 1 atom stereocenters. The molecule has 1 aliphatic carbocycles. The average molecular weight is 440 g/mol. The number of thiazole rings is 1. The summed E-state index contributed by atoms with van der Waals surface area (Å²) in [7, 11) is 0. The molecule has 1 unspecified atom stereocenters. The van der Waals surface area contributed by atoms with Crippen LogP contribution in [0.4, 0.5) is 10.8 Å².